The Hall–Kier alpha value is -1.16. The van der Waals surface area contributed by atoms with E-state index in [-0.39, 0.29) is 0 Å². The Kier molecular flexibility index (Phi) is 4.97. The molecular weight excluding hydrogens is 272 g/mol. The molecule has 1 unspecified atom stereocenters. The van der Waals surface area contributed by atoms with Crippen LogP contribution in [0.1, 0.15) is 46.0 Å². The van der Waals surface area contributed by atoms with Gasteiger partial charge < -0.3 is 9.80 Å². The zero-order valence-electron chi connectivity index (χ0n) is 14.2. The highest BCUT2D eigenvalue weighted by Gasteiger charge is 2.41. The minimum Gasteiger partial charge on any atom is -0.340 e. The van der Waals surface area contributed by atoms with Crippen molar-refractivity contribution in [1.82, 2.24) is 14.9 Å². The van der Waals surface area contributed by atoms with Gasteiger partial charge in [-0.25, -0.2) is 9.97 Å². The molecule has 4 nitrogen and oxygen atoms in total. The summed E-state index contributed by atoms with van der Waals surface area (Å²) >= 11 is 0. The van der Waals surface area contributed by atoms with Crippen molar-refractivity contribution in [2.24, 2.45) is 11.3 Å². The van der Waals surface area contributed by atoms with E-state index in [1.807, 2.05) is 18.5 Å². The third-order valence-electron chi connectivity index (χ3n) is 5.68. The van der Waals surface area contributed by atoms with Crippen LogP contribution in [0.15, 0.2) is 18.5 Å². The van der Waals surface area contributed by atoms with Gasteiger partial charge in [0.15, 0.2) is 0 Å². The summed E-state index contributed by atoms with van der Waals surface area (Å²) < 4.78 is 0. The highest BCUT2D eigenvalue weighted by Crippen LogP contribution is 2.40. The molecule has 0 bridgehead atoms. The zero-order chi connectivity index (χ0) is 15.4. The Bertz CT molecular complexity index is 459. The monoisotopic (exact) mass is 302 g/mol. The van der Waals surface area contributed by atoms with Crippen molar-refractivity contribution in [3.05, 3.63) is 18.5 Å². The molecule has 2 aliphatic rings. The topological polar surface area (TPSA) is 32.3 Å². The van der Waals surface area contributed by atoms with E-state index in [9.17, 15) is 0 Å². The lowest BCUT2D eigenvalue weighted by Crippen LogP contribution is -2.45. The number of piperidine rings is 1. The lowest BCUT2D eigenvalue weighted by atomic mass is 9.79. The van der Waals surface area contributed by atoms with Crippen LogP contribution in [0, 0.1) is 11.3 Å². The van der Waals surface area contributed by atoms with Crippen molar-refractivity contribution < 1.29 is 0 Å². The Morgan fingerprint density at radius 3 is 2.59 bits per heavy atom. The highest BCUT2D eigenvalue weighted by atomic mass is 15.3. The van der Waals surface area contributed by atoms with E-state index in [0.29, 0.717) is 5.41 Å². The third-order valence-corrected chi connectivity index (χ3v) is 5.68. The van der Waals surface area contributed by atoms with Crippen molar-refractivity contribution >= 4 is 5.95 Å². The second kappa shape index (κ2) is 6.95. The van der Waals surface area contributed by atoms with Gasteiger partial charge in [-0.15, -0.1) is 0 Å². The fourth-order valence-corrected chi connectivity index (χ4v) is 4.26. The summed E-state index contributed by atoms with van der Waals surface area (Å²) in [6.45, 7) is 10.7. The van der Waals surface area contributed by atoms with Crippen LogP contribution in [-0.4, -0.2) is 47.6 Å². The summed E-state index contributed by atoms with van der Waals surface area (Å²) in [7, 11) is 0. The molecule has 0 N–H and O–H groups in total. The first-order valence-electron chi connectivity index (χ1n) is 8.99. The van der Waals surface area contributed by atoms with E-state index in [0.717, 1.165) is 25.0 Å². The highest BCUT2D eigenvalue weighted by molar-refractivity contribution is 5.30. The van der Waals surface area contributed by atoms with Crippen molar-refractivity contribution in [3.8, 4) is 0 Å². The average Bonchev–Trinajstić information content (AvgIpc) is 2.95. The predicted octanol–water partition coefficient (Wildman–Crippen LogP) is 3.21. The number of likely N-dealkylation sites (tertiary alicyclic amines) is 1. The van der Waals surface area contributed by atoms with E-state index in [2.05, 4.69) is 33.6 Å². The second-order valence-electron chi connectivity index (χ2n) is 7.24. The molecule has 0 radical (unpaired) electrons. The van der Waals surface area contributed by atoms with Crippen LogP contribution < -0.4 is 4.90 Å². The van der Waals surface area contributed by atoms with E-state index < -0.39 is 0 Å². The van der Waals surface area contributed by atoms with Gasteiger partial charge in [0.1, 0.15) is 0 Å². The average molecular weight is 302 g/mol. The van der Waals surface area contributed by atoms with Crippen molar-refractivity contribution in [1.29, 1.82) is 0 Å². The summed E-state index contributed by atoms with van der Waals surface area (Å²) in [4.78, 5) is 14.0. The maximum absolute atomic E-state index is 4.45. The van der Waals surface area contributed by atoms with Crippen LogP contribution >= 0.6 is 0 Å². The number of hydrogen-bond acceptors (Lipinski definition) is 4. The Balaban J connectivity index is 1.62. The lowest BCUT2D eigenvalue weighted by molar-refractivity contribution is 0.200. The van der Waals surface area contributed by atoms with Crippen LogP contribution in [-0.2, 0) is 0 Å². The molecule has 0 amide bonds. The van der Waals surface area contributed by atoms with Crippen LogP contribution in [0.3, 0.4) is 0 Å². The molecule has 2 saturated heterocycles. The van der Waals surface area contributed by atoms with Gasteiger partial charge in [-0.2, -0.15) is 0 Å². The van der Waals surface area contributed by atoms with E-state index in [1.54, 1.807) is 0 Å². The maximum Gasteiger partial charge on any atom is 0.225 e. The van der Waals surface area contributed by atoms with Gasteiger partial charge in [0, 0.05) is 44.0 Å². The summed E-state index contributed by atoms with van der Waals surface area (Å²) in [6, 6.07) is 1.90. The van der Waals surface area contributed by atoms with Gasteiger partial charge in [0.05, 0.1) is 0 Å². The molecule has 1 spiro atoms. The fraction of sp³-hybridized carbons (Fsp3) is 0.778. The molecule has 0 aliphatic carbocycles. The zero-order valence-corrected chi connectivity index (χ0v) is 14.2. The minimum atomic E-state index is 0.476. The normalized spacial score (nSPS) is 26.2. The van der Waals surface area contributed by atoms with Crippen LogP contribution in [0.4, 0.5) is 5.95 Å². The number of rotatable bonds is 5. The first kappa shape index (κ1) is 15.7. The quantitative estimate of drug-likeness (QED) is 0.836. The maximum atomic E-state index is 4.45. The predicted molar refractivity (Wildman–Crippen MR) is 91.0 cm³/mol. The number of hydrogen-bond donors (Lipinski definition) is 0. The molecule has 2 fully saturated rings. The molecule has 1 aromatic rings. The molecule has 0 saturated carbocycles. The molecule has 0 aromatic carbocycles. The summed E-state index contributed by atoms with van der Waals surface area (Å²) in [6.07, 6.45) is 10.3. The van der Waals surface area contributed by atoms with E-state index in [1.165, 1.54) is 51.7 Å². The molecule has 1 aromatic heterocycles. The molecule has 22 heavy (non-hydrogen) atoms. The Morgan fingerprint density at radius 1 is 1.09 bits per heavy atom. The minimum absolute atomic E-state index is 0.476. The molecule has 1 atom stereocenters. The van der Waals surface area contributed by atoms with Gasteiger partial charge in [-0.3, -0.25) is 0 Å². The number of aromatic nitrogens is 2. The van der Waals surface area contributed by atoms with Crippen molar-refractivity contribution in [2.75, 3.05) is 37.6 Å². The van der Waals surface area contributed by atoms with Gasteiger partial charge >= 0.3 is 0 Å². The molecule has 122 valence electrons. The van der Waals surface area contributed by atoms with Gasteiger partial charge in [0.25, 0.3) is 0 Å². The first-order valence-corrected chi connectivity index (χ1v) is 8.99. The van der Waals surface area contributed by atoms with E-state index in [4.69, 9.17) is 0 Å². The SMILES string of the molecule is CCC(CC)CN1CCC2(CCCN(c3ncccn3)C2)C1. The molecule has 4 heteroatoms. The summed E-state index contributed by atoms with van der Waals surface area (Å²) in [5.41, 5.74) is 0.476. The Labute approximate surface area is 134 Å². The second-order valence-corrected chi connectivity index (χ2v) is 7.24. The lowest BCUT2D eigenvalue weighted by Gasteiger charge is -2.40. The van der Waals surface area contributed by atoms with Gasteiger partial charge in [-0.05, 0) is 37.8 Å². The molecule has 3 heterocycles. The van der Waals surface area contributed by atoms with Crippen molar-refractivity contribution in [3.63, 3.8) is 0 Å². The summed E-state index contributed by atoms with van der Waals surface area (Å²) in [5.74, 6) is 1.78. The van der Waals surface area contributed by atoms with E-state index >= 15 is 0 Å². The largest absolute Gasteiger partial charge is 0.340 e. The number of anilines is 1. The third kappa shape index (κ3) is 3.43. The van der Waals surface area contributed by atoms with Crippen LogP contribution in [0.5, 0.6) is 0 Å². The van der Waals surface area contributed by atoms with Crippen molar-refractivity contribution in [2.45, 2.75) is 46.0 Å². The van der Waals surface area contributed by atoms with Crippen LogP contribution in [0.25, 0.3) is 0 Å². The fourth-order valence-electron chi connectivity index (χ4n) is 4.26. The van der Waals surface area contributed by atoms with Crippen LogP contribution in [0.2, 0.25) is 0 Å². The van der Waals surface area contributed by atoms with Gasteiger partial charge in [-0.1, -0.05) is 26.7 Å². The number of nitrogens with zero attached hydrogens (tertiary/aromatic N) is 4. The molecular formula is C18H30N4. The summed E-state index contributed by atoms with van der Waals surface area (Å²) in [5, 5.41) is 0. The van der Waals surface area contributed by atoms with Gasteiger partial charge in [0.2, 0.25) is 5.95 Å². The smallest absolute Gasteiger partial charge is 0.225 e. The Morgan fingerprint density at radius 2 is 1.86 bits per heavy atom. The standard InChI is InChI=1S/C18H30N4/c1-3-16(4-2)13-21-12-8-18(14-21)7-5-11-22(15-18)17-19-9-6-10-20-17/h6,9-10,16H,3-5,7-8,11-15H2,1-2H3. The first-order chi connectivity index (χ1) is 10.7. The molecule has 2 aliphatic heterocycles. The molecule has 3 rings (SSSR count).